The highest BCUT2D eigenvalue weighted by Gasteiger charge is 2.19. The van der Waals surface area contributed by atoms with Gasteiger partial charge in [0.1, 0.15) is 11.9 Å². The number of benzene rings is 1. The lowest BCUT2D eigenvalue weighted by Gasteiger charge is -2.26. The molecule has 1 aromatic rings. The third kappa shape index (κ3) is 4.52. The molecule has 20 heavy (non-hydrogen) atoms. The fourth-order valence-corrected chi connectivity index (χ4v) is 2.32. The van der Waals surface area contributed by atoms with Crippen LogP contribution in [0, 0.1) is 13.8 Å². The molecule has 0 heterocycles. The van der Waals surface area contributed by atoms with E-state index in [1.807, 2.05) is 0 Å². The van der Waals surface area contributed by atoms with Crippen molar-refractivity contribution in [3.05, 3.63) is 28.8 Å². The Morgan fingerprint density at radius 1 is 1.05 bits per heavy atom. The van der Waals surface area contributed by atoms with Crippen LogP contribution in [0.2, 0.25) is 0 Å². The Bertz CT molecular complexity index is 412. The van der Waals surface area contributed by atoms with Gasteiger partial charge in [-0.25, -0.2) is 0 Å². The predicted molar refractivity (Wildman–Crippen MR) is 85.7 cm³/mol. The molecule has 2 unspecified atom stereocenters. The third-order valence-electron chi connectivity index (χ3n) is 3.85. The van der Waals surface area contributed by atoms with E-state index in [4.69, 9.17) is 9.47 Å². The van der Waals surface area contributed by atoms with Crippen molar-refractivity contribution in [2.75, 3.05) is 6.61 Å². The van der Waals surface area contributed by atoms with E-state index in [9.17, 15) is 0 Å². The van der Waals surface area contributed by atoms with Crippen LogP contribution in [0.4, 0.5) is 0 Å². The Hall–Kier alpha value is -1.02. The molecule has 0 saturated heterocycles. The average molecular weight is 278 g/mol. The predicted octanol–water partition coefficient (Wildman–Crippen LogP) is 4.84. The van der Waals surface area contributed by atoms with Gasteiger partial charge < -0.3 is 9.47 Å². The molecule has 0 fully saturated rings. The maximum atomic E-state index is 6.26. The normalized spacial score (nSPS) is 14.1. The number of aryl methyl sites for hydroxylation is 3. The monoisotopic (exact) mass is 278 g/mol. The first kappa shape index (κ1) is 17.0. The molecule has 0 N–H and O–H groups in total. The van der Waals surface area contributed by atoms with Crippen molar-refractivity contribution in [2.45, 2.75) is 73.0 Å². The van der Waals surface area contributed by atoms with Gasteiger partial charge in [0.2, 0.25) is 0 Å². The van der Waals surface area contributed by atoms with Gasteiger partial charge in [0.25, 0.3) is 0 Å². The first-order valence-corrected chi connectivity index (χ1v) is 7.91. The van der Waals surface area contributed by atoms with Crippen LogP contribution in [0.5, 0.6) is 5.75 Å². The van der Waals surface area contributed by atoms with Crippen molar-refractivity contribution in [1.82, 2.24) is 0 Å². The Morgan fingerprint density at radius 2 is 1.70 bits per heavy atom. The van der Waals surface area contributed by atoms with E-state index >= 15 is 0 Å². The maximum absolute atomic E-state index is 6.26. The molecule has 2 nitrogen and oxygen atoms in total. The van der Waals surface area contributed by atoms with Crippen LogP contribution in [0.3, 0.4) is 0 Å². The quantitative estimate of drug-likeness (QED) is 0.677. The lowest BCUT2D eigenvalue weighted by atomic mass is 10.0. The summed E-state index contributed by atoms with van der Waals surface area (Å²) in [5.74, 6) is 1.02. The minimum absolute atomic E-state index is 0.119. The van der Waals surface area contributed by atoms with E-state index in [-0.39, 0.29) is 12.2 Å². The van der Waals surface area contributed by atoms with Crippen molar-refractivity contribution in [1.29, 1.82) is 0 Å². The number of ether oxygens (including phenoxy) is 2. The summed E-state index contributed by atoms with van der Waals surface area (Å²) in [5.41, 5.74) is 3.90. The molecule has 0 saturated carbocycles. The summed E-state index contributed by atoms with van der Waals surface area (Å²) >= 11 is 0. The Labute approximate surface area is 124 Å². The molecule has 0 spiro atoms. The number of rotatable bonds is 8. The molecule has 0 aliphatic carbocycles. The van der Waals surface area contributed by atoms with Crippen molar-refractivity contribution in [3.63, 3.8) is 0 Å². The van der Waals surface area contributed by atoms with Crippen LogP contribution < -0.4 is 4.74 Å². The Morgan fingerprint density at radius 3 is 2.25 bits per heavy atom. The van der Waals surface area contributed by atoms with Gasteiger partial charge >= 0.3 is 0 Å². The average Bonchev–Trinajstić information content (AvgIpc) is 2.45. The van der Waals surface area contributed by atoms with Gasteiger partial charge in [-0.1, -0.05) is 26.8 Å². The van der Waals surface area contributed by atoms with Crippen molar-refractivity contribution >= 4 is 0 Å². The summed E-state index contributed by atoms with van der Waals surface area (Å²) in [6, 6.07) is 4.42. The molecular formula is C18H30O2. The highest BCUT2D eigenvalue weighted by Crippen LogP contribution is 2.26. The first-order chi connectivity index (χ1) is 9.53. The topological polar surface area (TPSA) is 18.5 Å². The van der Waals surface area contributed by atoms with E-state index in [2.05, 4.69) is 53.7 Å². The van der Waals surface area contributed by atoms with Crippen molar-refractivity contribution < 1.29 is 9.47 Å². The summed E-state index contributed by atoms with van der Waals surface area (Å²) in [4.78, 5) is 0. The van der Waals surface area contributed by atoms with E-state index < -0.39 is 0 Å². The largest absolute Gasteiger partial charge is 0.487 e. The summed E-state index contributed by atoms with van der Waals surface area (Å²) in [5, 5.41) is 0. The SMILES string of the molecule is CCCOC(C)C(CC)Oc1cc(C)c(C)cc1CC. The molecule has 0 amide bonds. The highest BCUT2D eigenvalue weighted by molar-refractivity contribution is 5.41. The molecule has 1 aromatic carbocycles. The molecule has 1 rings (SSSR count). The molecule has 0 aliphatic rings. The van der Waals surface area contributed by atoms with E-state index in [0.29, 0.717) is 0 Å². The van der Waals surface area contributed by atoms with E-state index in [1.165, 1.54) is 16.7 Å². The second kappa shape index (κ2) is 8.31. The third-order valence-corrected chi connectivity index (χ3v) is 3.85. The smallest absolute Gasteiger partial charge is 0.124 e. The van der Waals surface area contributed by atoms with Gasteiger partial charge in [-0.2, -0.15) is 0 Å². The molecule has 2 heteroatoms. The van der Waals surface area contributed by atoms with Gasteiger partial charge in [0, 0.05) is 6.61 Å². The molecule has 2 atom stereocenters. The lowest BCUT2D eigenvalue weighted by Crippen LogP contribution is -2.31. The molecular weight excluding hydrogens is 248 g/mol. The van der Waals surface area contributed by atoms with Crippen LogP contribution >= 0.6 is 0 Å². The summed E-state index contributed by atoms with van der Waals surface area (Å²) in [6.45, 7) is 13.7. The van der Waals surface area contributed by atoms with Crippen LogP contribution in [-0.2, 0) is 11.2 Å². The number of hydrogen-bond acceptors (Lipinski definition) is 2. The molecule has 114 valence electrons. The molecule has 0 aromatic heterocycles. The fourth-order valence-electron chi connectivity index (χ4n) is 2.32. The summed E-state index contributed by atoms with van der Waals surface area (Å²) < 4.78 is 12.1. The van der Waals surface area contributed by atoms with Gasteiger partial charge in [-0.3, -0.25) is 0 Å². The van der Waals surface area contributed by atoms with Gasteiger partial charge in [-0.05, 0) is 62.8 Å². The Kier molecular flexibility index (Phi) is 7.08. The second-order valence-corrected chi connectivity index (χ2v) is 5.54. The minimum Gasteiger partial charge on any atom is -0.487 e. The van der Waals surface area contributed by atoms with Crippen LogP contribution in [0.1, 0.15) is 57.2 Å². The number of hydrogen-bond donors (Lipinski definition) is 0. The lowest BCUT2D eigenvalue weighted by molar-refractivity contribution is -0.0161. The van der Waals surface area contributed by atoms with Crippen molar-refractivity contribution in [3.8, 4) is 5.75 Å². The Balaban J connectivity index is 2.86. The minimum atomic E-state index is 0.119. The van der Waals surface area contributed by atoms with Gasteiger partial charge in [0.15, 0.2) is 0 Å². The van der Waals surface area contributed by atoms with Crippen molar-refractivity contribution in [2.24, 2.45) is 0 Å². The fraction of sp³-hybridized carbons (Fsp3) is 0.667. The van der Waals surface area contributed by atoms with Gasteiger partial charge in [0.05, 0.1) is 6.10 Å². The van der Waals surface area contributed by atoms with Crippen LogP contribution in [0.15, 0.2) is 12.1 Å². The highest BCUT2D eigenvalue weighted by atomic mass is 16.5. The molecule has 0 aliphatic heterocycles. The summed E-state index contributed by atoms with van der Waals surface area (Å²) in [7, 11) is 0. The van der Waals surface area contributed by atoms with E-state index in [0.717, 1.165) is 31.6 Å². The zero-order valence-electron chi connectivity index (χ0n) is 14.0. The summed E-state index contributed by atoms with van der Waals surface area (Å²) in [6.07, 6.45) is 3.25. The maximum Gasteiger partial charge on any atom is 0.124 e. The van der Waals surface area contributed by atoms with Crippen LogP contribution in [-0.4, -0.2) is 18.8 Å². The zero-order chi connectivity index (χ0) is 15.1. The van der Waals surface area contributed by atoms with Gasteiger partial charge in [-0.15, -0.1) is 0 Å². The standard InChI is InChI=1S/C18H30O2/c1-7-10-19-15(6)17(9-3)20-18-12-14(5)13(4)11-16(18)8-2/h11-12,15,17H,7-10H2,1-6H3. The first-order valence-electron chi connectivity index (χ1n) is 7.91. The van der Waals surface area contributed by atoms with Crippen LogP contribution in [0.25, 0.3) is 0 Å². The van der Waals surface area contributed by atoms with E-state index in [1.54, 1.807) is 0 Å². The second-order valence-electron chi connectivity index (χ2n) is 5.54. The zero-order valence-corrected chi connectivity index (χ0v) is 14.0. The molecule has 0 bridgehead atoms. The molecule has 0 radical (unpaired) electrons.